The maximum absolute atomic E-state index is 10.9. The van der Waals surface area contributed by atoms with E-state index >= 15 is 0 Å². The van der Waals surface area contributed by atoms with Crippen molar-refractivity contribution in [1.29, 1.82) is 0 Å². The summed E-state index contributed by atoms with van der Waals surface area (Å²) in [5.41, 5.74) is 2.23. The van der Waals surface area contributed by atoms with Crippen LogP contribution in [0.15, 0.2) is 18.2 Å². The van der Waals surface area contributed by atoms with Gasteiger partial charge in [0.15, 0.2) is 0 Å². The first kappa shape index (κ1) is 14.0. The number of primary sulfonamides is 1. The van der Waals surface area contributed by atoms with Crippen LogP contribution >= 0.6 is 0 Å². The molecule has 4 nitrogen and oxygen atoms in total. The van der Waals surface area contributed by atoms with Gasteiger partial charge in [-0.1, -0.05) is 19.1 Å². The highest BCUT2D eigenvalue weighted by atomic mass is 32.2. The molecule has 0 radical (unpaired) electrons. The van der Waals surface area contributed by atoms with E-state index in [4.69, 9.17) is 9.88 Å². The highest BCUT2D eigenvalue weighted by molar-refractivity contribution is 7.89. The molecule has 0 spiro atoms. The Labute approximate surface area is 103 Å². The summed E-state index contributed by atoms with van der Waals surface area (Å²) in [4.78, 5) is 0. The molecule has 0 aliphatic carbocycles. The predicted molar refractivity (Wildman–Crippen MR) is 68.5 cm³/mol. The fourth-order valence-corrected chi connectivity index (χ4v) is 2.45. The average Bonchev–Trinajstić information content (AvgIpc) is 2.18. The second-order valence-electron chi connectivity index (χ2n) is 4.44. The molecule has 1 unspecified atom stereocenters. The van der Waals surface area contributed by atoms with Crippen LogP contribution in [0.3, 0.4) is 0 Å². The Bertz CT molecular complexity index is 483. The largest absolute Gasteiger partial charge is 0.493 e. The molecule has 2 N–H and O–H groups in total. The number of aryl methyl sites for hydroxylation is 1. The average molecular weight is 257 g/mol. The first-order chi connectivity index (χ1) is 7.79. The molecular formula is C12H19NO3S. The maximum Gasteiger partial charge on any atom is 0.209 e. The van der Waals surface area contributed by atoms with Gasteiger partial charge in [0.2, 0.25) is 10.0 Å². The normalized spacial score (nSPS) is 13.4. The molecule has 0 heterocycles. The number of ether oxygens (including phenoxy) is 1. The van der Waals surface area contributed by atoms with Crippen LogP contribution in [0.25, 0.3) is 0 Å². The van der Waals surface area contributed by atoms with Crippen LogP contribution < -0.4 is 9.88 Å². The second kappa shape index (κ2) is 5.51. The Kier molecular flexibility index (Phi) is 4.54. The fourth-order valence-electron chi connectivity index (χ4n) is 1.56. The second-order valence-corrected chi connectivity index (χ2v) is 6.10. The van der Waals surface area contributed by atoms with E-state index in [2.05, 4.69) is 0 Å². The zero-order valence-electron chi connectivity index (χ0n) is 10.4. The minimum absolute atomic E-state index is 0.0577. The third-order valence-electron chi connectivity index (χ3n) is 2.60. The van der Waals surface area contributed by atoms with E-state index in [1.807, 2.05) is 32.0 Å². The summed E-state index contributed by atoms with van der Waals surface area (Å²) < 4.78 is 27.4. The molecular weight excluding hydrogens is 238 g/mol. The van der Waals surface area contributed by atoms with E-state index in [9.17, 15) is 8.42 Å². The fraction of sp³-hybridized carbons (Fsp3) is 0.500. The summed E-state index contributed by atoms with van der Waals surface area (Å²) in [6.07, 6.45) is 0. The Morgan fingerprint density at radius 3 is 2.59 bits per heavy atom. The van der Waals surface area contributed by atoms with Crippen LogP contribution in [0.5, 0.6) is 5.75 Å². The van der Waals surface area contributed by atoms with Gasteiger partial charge in [0.25, 0.3) is 0 Å². The quantitative estimate of drug-likeness (QED) is 0.871. The van der Waals surface area contributed by atoms with Gasteiger partial charge in [-0.25, -0.2) is 13.6 Å². The van der Waals surface area contributed by atoms with Crippen molar-refractivity contribution in [3.63, 3.8) is 0 Å². The van der Waals surface area contributed by atoms with E-state index in [0.29, 0.717) is 6.61 Å². The minimum Gasteiger partial charge on any atom is -0.493 e. The van der Waals surface area contributed by atoms with Crippen molar-refractivity contribution in [2.75, 3.05) is 12.4 Å². The van der Waals surface area contributed by atoms with Crippen molar-refractivity contribution in [1.82, 2.24) is 0 Å². The minimum atomic E-state index is -3.43. The van der Waals surface area contributed by atoms with Gasteiger partial charge in [-0.05, 0) is 31.0 Å². The molecule has 1 aromatic rings. The number of nitrogens with two attached hydrogens (primary N) is 1. The molecule has 0 saturated carbocycles. The van der Waals surface area contributed by atoms with Gasteiger partial charge in [-0.15, -0.1) is 0 Å². The Morgan fingerprint density at radius 1 is 1.35 bits per heavy atom. The van der Waals surface area contributed by atoms with Crippen LogP contribution in [0.2, 0.25) is 0 Å². The van der Waals surface area contributed by atoms with E-state index in [0.717, 1.165) is 16.9 Å². The lowest BCUT2D eigenvalue weighted by Crippen LogP contribution is -2.25. The molecule has 1 atom stereocenters. The SMILES string of the molecule is Cc1cccc(OCC(C)CS(N)(=O)=O)c1C. The first-order valence-electron chi connectivity index (χ1n) is 5.49. The monoisotopic (exact) mass is 257 g/mol. The molecule has 0 bridgehead atoms. The van der Waals surface area contributed by atoms with Crippen molar-refractivity contribution in [3.05, 3.63) is 29.3 Å². The number of hydrogen-bond donors (Lipinski definition) is 1. The van der Waals surface area contributed by atoms with Gasteiger partial charge in [0, 0.05) is 5.92 Å². The first-order valence-corrected chi connectivity index (χ1v) is 7.20. The lowest BCUT2D eigenvalue weighted by molar-refractivity contribution is 0.270. The smallest absolute Gasteiger partial charge is 0.209 e. The van der Waals surface area contributed by atoms with Crippen LogP contribution in [0.1, 0.15) is 18.1 Å². The summed E-state index contributed by atoms with van der Waals surface area (Å²) in [6.45, 7) is 6.14. The lowest BCUT2D eigenvalue weighted by atomic mass is 10.1. The number of benzene rings is 1. The summed E-state index contributed by atoms with van der Waals surface area (Å²) >= 11 is 0. The zero-order chi connectivity index (χ0) is 13.1. The molecule has 0 fully saturated rings. The van der Waals surface area contributed by atoms with Crippen LogP contribution in [-0.2, 0) is 10.0 Å². The van der Waals surface area contributed by atoms with E-state index in [1.165, 1.54) is 0 Å². The van der Waals surface area contributed by atoms with Crippen molar-refractivity contribution in [2.24, 2.45) is 11.1 Å². The third kappa shape index (κ3) is 4.75. The van der Waals surface area contributed by atoms with Crippen molar-refractivity contribution < 1.29 is 13.2 Å². The maximum atomic E-state index is 10.9. The molecule has 0 aliphatic heterocycles. The van der Waals surface area contributed by atoms with Crippen molar-refractivity contribution in [2.45, 2.75) is 20.8 Å². The summed E-state index contributed by atoms with van der Waals surface area (Å²) in [6, 6.07) is 5.81. The number of rotatable bonds is 5. The van der Waals surface area contributed by atoms with Gasteiger partial charge in [0.05, 0.1) is 12.4 Å². The van der Waals surface area contributed by atoms with E-state index in [1.54, 1.807) is 6.92 Å². The standard InChI is InChI=1S/C12H19NO3S/c1-9(8-17(13,14)15)7-16-12-6-4-5-10(2)11(12)3/h4-6,9H,7-8H2,1-3H3,(H2,13,14,15). The zero-order valence-corrected chi connectivity index (χ0v) is 11.3. The van der Waals surface area contributed by atoms with Crippen molar-refractivity contribution >= 4 is 10.0 Å². The van der Waals surface area contributed by atoms with Gasteiger partial charge in [-0.2, -0.15) is 0 Å². The third-order valence-corrected chi connectivity index (χ3v) is 3.63. The van der Waals surface area contributed by atoms with Crippen LogP contribution in [-0.4, -0.2) is 20.8 Å². The molecule has 5 heteroatoms. The molecule has 0 amide bonds. The summed E-state index contributed by atoms with van der Waals surface area (Å²) in [5.74, 6) is 0.619. The van der Waals surface area contributed by atoms with Crippen molar-refractivity contribution in [3.8, 4) is 5.75 Å². The molecule has 0 aromatic heterocycles. The highest BCUT2D eigenvalue weighted by Crippen LogP contribution is 2.21. The lowest BCUT2D eigenvalue weighted by Gasteiger charge is -2.14. The highest BCUT2D eigenvalue weighted by Gasteiger charge is 2.12. The van der Waals surface area contributed by atoms with Crippen LogP contribution in [0, 0.1) is 19.8 Å². The molecule has 17 heavy (non-hydrogen) atoms. The molecule has 1 aromatic carbocycles. The molecule has 96 valence electrons. The summed E-state index contributed by atoms with van der Waals surface area (Å²) in [7, 11) is -3.43. The molecule has 0 saturated heterocycles. The van der Waals surface area contributed by atoms with E-state index < -0.39 is 10.0 Å². The van der Waals surface area contributed by atoms with Gasteiger partial charge in [0.1, 0.15) is 5.75 Å². The van der Waals surface area contributed by atoms with Gasteiger partial charge in [-0.3, -0.25) is 0 Å². The number of hydrogen-bond acceptors (Lipinski definition) is 3. The van der Waals surface area contributed by atoms with E-state index in [-0.39, 0.29) is 11.7 Å². The molecule has 0 aliphatic rings. The van der Waals surface area contributed by atoms with Gasteiger partial charge < -0.3 is 4.74 Å². The Morgan fingerprint density at radius 2 is 2.00 bits per heavy atom. The van der Waals surface area contributed by atoms with Crippen LogP contribution in [0.4, 0.5) is 0 Å². The summed E-state index contributed by atoms with van der Waals surface area (Å²) in [5, 5.41) is 4.98. The van der Waals surface area contributed by atoms with Gasteiger partial charge >= 0.3 is 0 Å². The Hall–Kier alpha value is -1.07. The Balaban J connectivity index is 2.59. The number of sulfonamides is 1. The molecule has 1 rings (SSSR count). The predicted octanol–water partition coefficient (Wildman–Crippen LogP) is 1.61. The topological polar surface area (TPSA) is 69.4 Å².